The predicted octanol–water partition coefficient (Wildman–Crippen LogP) is 2.13. The van der Waals surface area contributed by atoms with Gasteiger partial charge in [-0.2, -0.15) is 0 Å². The van der Waals surface area contributed by atoms with Crippen LogP contribution in [0.15, 0.2) is 36.7 Å². The van der Waals surface area contributed by atoms with Crippen molar-refractivity contribution in [3.63, 3.8) is 0 Å². The van der Waals surface area contributed by atoms with E-state index in [-0.39, 0.29) is 6.04 Å². The number of pyridine rings is 1. The van der Waals surface area contributed by atoms with Crippen LogP contribution in [0.2, 0.25) is 0 Å². The van der Waals surface area contributed by atoms with Crippen molar-refractivity contribution >= 4 is 0 Å². The first-order chi connectivity index (χ1) is 8.13. The molecule has 0 fully saturated rings. The van der Waals surface area contributed by atoms with Crippen LogP contribution in [0.5, 0.6) is 0 Å². The van der Waals surface area contributed by atoms with Crippen LogP contribution in [0.25, 0.3) is 0 Å². The zero-order chi connectivity index (χ0) is 12.3. The number of hydrogen-bond acceptors (Lipinski definition) is 2. The summed E-state index contributed by atoms with van der Waals surface area (Å²) < 4.78 is 2.15. The second-order valence-electron chi connectivity index (χ2n) is 4.64. The molecule has 0 aromatic carbocycles. The largest absolute Gasteiger partial charge is 0.348 e. The summed E-state index contributed by atoms with van der Waals surface area (Å²) in [4.78, 5) is 4.49. The van der Waals surface area contributed by atoms with Gasteiger partial charge in [0.15, 0.2) is 0 Å². The van der Waals surface area contributed by atoms with Gasteiger partial charge in [-0.1, -0.05) is 6.07 Å². The van der Waals surface area contributed by atoms with Crippen molar-refractivity contribution in [2.75, 3.05) is 0 Å². The molecule has 3 nitrogen and oxygen atoms in total. The van der Waals surface area contributed by atoms with E-state index in [9.17, 15) is 0 Å². The third kappa shape index (κ3) is 3.43. The maximum atomic E-state index is 5.78. The van der Waals surface area contributed by atoms with Gasteiger partial charge in [-0.15, -0.1) is 0 Å². The molecule has 2 heterocycles. The highest BCUT2D eigenvalue weighted by Gasteiger charge is 2.01. The maximum Gasteiger partial charge on any atom is 0.0642 e. The van der Waals surface area contributed by atoms with E-state index in [0.29, 0.717) is 0 Å². The van der Waals surface area contributed by atoms with Crippen LogP contribution in [-0.4, -0.2) is 15.6 Å². The van der Waals surface area contributed by atoms with Crippen molar-refractivity contribution in [3.05, 3.63) is 53.6 Å². The Labute approximate surface area is 102 Å². The number of rotatable bonds is 4. The molecule has 0 radical (unpaired) electrons. The van der Waals surface area contributed by atoms with Gasteiger partial charge in [0.2, 0.25) is 0 Å². The lowest BCUT2D eigenvalue weighted by atomic mass is 10.1. The minimum atomic E-state index is 0.211. The molecule has 2 aromatic heterocycles. The van der Waals surface area contributed by atoms with Gasteiger partial charge in [0.25, 0.3) is 0 Å². The number of aromatic nitrogens is 2. The topological polar surface area (TPSA) is 43.8 Å². The molecule has 2 aromatic rings. The second-order valence-corrected chi connectivity index (χ2v) is 4.64. The normalized spacial score (nSPS) is 12.6. The molecule has 0 aliphatic carbocycles. The van der Waals surface area contributed by atoms with Gasteiger partial charge in [0.05, 0.1) is 12.2 Å². The average Bonchev–Trinajstić information content (AvgIpc) is 2.64. The first kappa shape index (κ1) is 11.9. The molecule has 3 heteroatoms. The van der Waals surface area contributed by atoms with E-state index in [2.05, 4.69) is 34.1 Å². The summed E-state index contributed by atoms with van der Waals surface area (Å²) >= 11 is 0. The Kier molecular flexibility index (Phi) is 3.59. The van der Waals surface area contributed by atoms with Gasteiger partial charge in [-0.25, -0.2) is 0 Å². The van der Waals surface area contributed by atoms with Gasteiger partial charge in [-0.05, 0) is 44.0 Å². The van der Waals surface area contributed by atoms with Crippen LogP contribution >= 0.6 is 0 Å². The highest BCUT2D eigenvalue weighted by molar-refractivity contribution is 5.15. The molecule has 2 rings (SSSR count). The van der Waals surface area contributed by atoms with Gasteiger partial charge in [0.1, 0.15) is 0 Å². The number of hydrogen-bond donors (Lipinski definition) is 1. The van der Waals surface area contributed by atoms with Crippen LogP contribution in [0.1, 0.15) is 23.9 Å². The highest BCUT2D eigenvalue weighted by atomic mass is 15.0. The fourth-order valence-corrected chi connectivity index (χ4v) is 1.96. The Bertz CT molecular complexity index is 486. The van der Waals surface area contributed by atoms with E-state index in [0.717, 1.165) is 24.4 Å². The van der Waals surface area contributed by atoms with E-state index in [1.54, 1.807) is 0 Å². The fraction of sp³-hybridized carbons (Fsp3) is 0.357. The Balaban J connectivity index is 2.06. The molecule has 1 atom stereocenters. The molecule has 2 N–H and O–H groups in total. The molecular formula is C14H19N3. The van der Waals surface area contributed by atoms with Gasteiger partial charge in [-0.3, -0.25) is 4.98 Å². The maximum absolute atomic E-state index is 5.78. The molecule has 0 spiro atoms. The minimum Gasteiger partial charge on any atom is -0.348 e. The minimum absolute atomic E-state index is 0.211. The summed E-state index contributed by atoms with van der Waals surface area (Å²) in [5, 5.41) is 0. The zero-order valence-electron chi connectivity index (χ0n) is 10.4. The summed E-state index contributed by atoms with van der Waals surface area (Å²) in [5.41, 5.74) is 9.22. The Hall–Kier alpha value is -1.61. The number of aryl methyl sites for hydroxylation is 1. The van der Waals surface area contributed by atoms with Crippen LogP contribution in [-0.2, 0) is 13.0 Å². The molecule has 90 valence electrons. The van der Waals surface area contributed by atoms with E-state index >= 15 is 0 Å². The van der Waals surface area contributed by atoms with E-state index in [1.165, 1.54) is 5.56 Å². The standard InChI is InChI=1S/C14H19N3/c1-11(15)8-13-6-7-17(9-13)10-14-5-3-4-12(2)16-14/h3-7,9,11H,8,10,15H2,1-2H3. The average molecular weight is 229 g/mol. The Morgan fingerprint density at radius 2 is 2.18 bits per heavy atom. The summed E-state index contributed by atoms with van der Waals surface area (Å²) in [6, 6.07) is 8.45. The lowest BCUT2D eigenvalue weighted by Gasteiger charge is -2.04. The van der Waals surface area contributed by atoms with Crippen LogP contribution in [0.4, 0.5) is 0 Å². The van der Waals surface area contributed by atoms with Gasteiger partial charge in [0, 0.05) is 24.1 Å². The SMILES string of the molecule is Cc1cccc(Cn2ccc(CC(C)N)c2)n1. The Morgan fingerprint density at radius 1 is 1.35 bits per heavy atom. The van der Waals surface area contributed by atoms with Crippen molar-refractivity contribution in [1.29, 1.82) is 0 Å². The van der Waals surface area contributed by atoms with Crippen molar-refractivity contribution in [1.82, 2.24) is 9.55 Å². The molecule has 17 heavy (non-hydrogen) atoms. The summed E-state index contributed by atoms with van der Waals surface area (Å²) in [6.45, 7) is 4.86. The smallest absolute Gasteiger partial charge is 0.0642 e. The lowest BCUT2D eigenvalue weighted by Crippen LogP contribution is -2.17. The highest BCUT2D eigenvalue weighted by Crippen LogP contribution is 2.07. The number of nitrogens with zero attached hydrogens (tertiary/aromatic N) is 2. The summed E-state index contributed by atoms with van der Waals surface area (Å²) in [7, 11) is 0. The quantitative estimate of drug-likeness (QED) is 0.872. The molecule has 0 aliphatic heterocycles. The molecule has 0 aliphatic rings. The fourth-order valence-electron chi connectivity index (χ4n) is 1.96. The second kappa shape index (κ2) is 5.15. The van der Waals surface area contributed by atoms with Crippen molar-refractivity contribution in [2.45, 2.75) is 32.9 Å². The molecule has 0 bridgehead atoms. The first-order valence-electron chi connectivity index (χ1n) is 5.96. The lowest BCUT2D eigenvalue weighted by molar-refractivity contribution is 0.728. The van der Waals surface area contributed by atoms with Crippen molar-refractivity contribution < 1.29 is 0 Å². The third-order valence-corrected chi connectivity index (χ3v) is 2.66. The summed E-state index contributed by atoms with van der Waals surface area (Å²) in [6.07, 6.45) is 5.16. The molecule has 0 saturated carbocycles. The third-order valence-electron chi connectivity index (χ3n) is 2.66. The molecule has 1 unspecified atom stereocenters. The molecule has 0 saturated heterocycles. The van der Waals surface area contributed by atoms with Crippen molar-refractivity contribution in [2.24, 2.45) is 5.73 Å². The summed E-state index contributed by atoms with van der Waals surface area (Å²) in [5.74, 6) is 0. The van der Waals surface area contributed by atoms with Gasteiger partial charge < -0.3 is 10.3 Å². The molecular weight excluding hydrogens is 210 g/mol. The van der Waals surface area contributed by atoms with E-state index in [4.69, 9.17) is 5.73 Å². The van der Waals surface area contributed by atoms with Crippen LogP contribution in [0, 0.1) is 6.92 Å². The van der Waals surface area contributed by atoms with E-state index < -0.39 is 0 Å². The zero-order valence-corrected chi connectivity index (χ0v) is 10.4. The van der Waals surface area contributed by atoms with Crippen molar-refractivity contribution in [3.8, 4) is 0 Å². The monoisotopic (exact) mass is 229 g/mol. The van der Waals surface area contributed by atoms with Crippen LogP contribution in [0.3, 0.4) is 0 Å². The first-order valence-corrected chi connectivity index (χ1v) is 5.96. The predicted molar refractivity (Wildman–Crippen MR) is 69.9 cm³/mol. The number of nitrogens with two attached hydrogens (primary N) is 1. The van der Waals surface area contributed by atoms with Gasteiger partial charge >= 0.3 is 0 Å². The van der Waals surface area contributed by atoms with Crippen LogP contribution < -0.4 is 5.73 Å². The molecule has 0 amide bonds. The van der Waals surface area contributed by atoms with E-state index in [1.807, 2.05) is 26.0 Å². The Morgan fingerprint density at radius 3 is 2.88 bits per heavy atom.